The van der Waals surface area contributed by atoms with Crippen LogP contribution in [0.2, 0.25) is 10.0 Å². The van der Waals surface area contributed by atoms with Crippen LogP contribution in [0.25, 0.3) is 11.3 Å². The minimum absolute atomic E-state index is 0.270. The fourth-order valence-corrected chi connectivity index (χ4v) is 4.18. The van der Waals surface area contributed by atoms with Crippen LogP contribution in [0, 0.1) is 0 Å². The number of benzene rings is 1. The van der Waals surface area contributed by atoms with Crippen LogP contribution in [0.15, 0.2) is 53.6 Å². The molecule has 1 aliphatic rings. The Hall–Kier alpha value is -2.45. The van der Waals surface area contributed by atoms with Crippen LogP contribution >= 0.6 is 23.2 Å². The summed E-state index contributed by atoms with van der Waals surface area (Å²) in [7, 11) is 0. The first kappa shape index (κ1) is 21.8. The lowest BCUT2D eigenvalue weighted by atomic mass is 10.1. The maximum Gasteiger partial charge on any atom is 0.251 e. The summed E-state index contributed by atoms with van der Waals surface area (Å²) in [6.45, 7) is 1.17. The maximum atomic E-state index is 12.9. The fraction of sp³-hybridized carbons (Fsp3) is 0.318. The van der Waals surface area contributed by atoms with Crippen molar-refractivity contribution in [3.63, 3.8) is 0 Å². The molecule has 2 aromatic heterocycles. The first-order valence-corrected chi connectivity index (χ1v) is 10.8. The minimum atomic E-state index is -0.603. The molecular weight excluding hydrogens is 439 g/mol. The average molecular weight is 461 g/mol. The Balaban J connectivity index is 1.60. The number of nitrogens with zero attached hydrogens (tertiary/aromatic N) is 3. The van der Waals surface area contributed by atoms with Crippen LogP contribution < -0.4 is 10.9 Å². The second-order valence-corrected chi connectivity index (χ2v) is 8.23. The van der Waals surface area contributed by atoms with E-state index in [9.17, 15) is 9.90 Å². The zero-order chi connectivity index (χ0) is 21.8. The minimum Gasteiger partial charge on any atom is -0.394 e. The second-order valence-electron chi connectivity index (χ2n) is 7.36. The molecule has 0 radical (unpaired) electrons. The van der Waals surface area contributed by atoms with E-state index in [2.05, 4.69) is 15.3 Å². The first-order chi connectivity index (χ1) is 15.0. The van der Waals surface area contributed by atoms with Crippen LogP contribution in [0.5, 0.6) is 0 Å². The van der Waals surface area contributed by atoms with Crippen molar-refractivity contribution in [1.82, 2.24) is 14.5 Å². The van der Waals surface area contributed by atoms with Crippen LogP contribution in [-0.2, 0) is 4.74 Å². The summed E-state index contributed by atoms with van der Waals surface area (Å²) in [5.74, 6) is 0.524. The molecule has 0 unspecified atom stereocenters. The highest BCUT2D eigenvalue weighted by Crippen LogP contribution is 2.26. The van der Waals surface area contributed by atoms with Gasteiger partial charge < -0.3 is 19.7 Å². The van der Waals surface area contributed by atoms with Crippen LogP contribution in [0.3, 0.4) is 0 Å². The van der Waals surface area contributed by atoms with Gasteiger partial charge in [0.1, 0.15) is 0 Å². The van der Waals surface area contributed by atoms with Gasteiger partial charge in [0.05, 0.1) is 18.3 Å². The second kappa shape index (κ2) is 9.78. The van der Waals surface area contributed by atoms with E-state index in [0.717, 1.165) is 26.1 Å². The molecule has 1 saturated heterocycles. The number of halogens is 2. The molecule has 0 saturated carbocycles. The normalized spacial score (nSPS) is 15.6. The topological polar surface area (TPSA) is 89.3 Å². The van der Waals surface area contributed by atoms with Gasteiger partial charge in [-0.3, -0.25) is 4.79 Å². The Labute approximate surface area is 189 Å². The van der Waals surface area contributed by atoms with Crippen molar-refractivity contribution in [3.8, 4) is 11.3 Å². The van der Waals surface area contributed by atoms with Gasteiger partial charge in [0.2, 0.25) is 5.95 Å². The van der Waals surface area contributed by atoms with E-state index >= 15 is 0 Å². The highest BCUT2D eigenvalue weighted by Gasteiger charge is 2.17. The van der Waals surface area contributed by atoms with E-state index in [1.54, 1.807) is 42.7 Å². The molecule has 0 spiro atoms. The molecule has 0 bridgehead atoms. The van der Waals surface area contributed by atoms with Gasteiger partial charge in [-0.15, -0.1) is 0 Å². The number of hydrogen-bond acceptors (Lipinski definition) is 6. The van der Waals surface area contributed by atoms with Crippen LogP contribution in [0.1, 0.15) is 24.4 Å². The Morgan fingerprint density at radius 2 is 1.90 bits per heavy atom. The lowest BCUT2D eigenvalue weighted by molar-refractivity contribution is 0.0903. The number of nitrogens with one attached hydrogen (secondary N) is 1. The molecule has 31 heavy (non-hydrogen) atoms. The molecule has 2 N–H and O–H groups in total. The number of aliphatic hydroxyl groups is 1. The number of hydrogen-bond donors (Lipinski definition) is 2. The van der Waals surface area contributed by atoms with E-state index in [1.165, 1.54) is 10.6 Å². The smallest absolute Gasteiger partial charge is 0.251 e. The highest BCUT2D eigenvalue weighted by atomic mass is 35.5. The van der Waals surface area contributed by atoms with Gasteiger partial charge in [0.15, 0.2) is 0 Å². The summed E-state index contributed by atoms with van der Waals surface area (Å²) in [4.78, 5) is 21.7. The molecule has 1 aliphatic heterocycles. The van der Waals surface area contributed by atoms with Crippen LogP contribution in [0.4, 0.5) is 5.95 Å². The van der Waals surface area contributed by atoms with Gasteiger partial charge in [-0.25, -0.2) is 9.97 Å². The van der Waals surface area contributed by atoms with Crippen molar-refractivity contribution in [1.29, 1.82) is 0 Å². The van der Waals surface area contributed by atoms with Gasteiger partial charge in [0.25, 0.3) is 5.56 Å². The number of anilines is 1. The van der Waals surface area contributed by atoms with Crippen molar-refractivity contribution in [2.24, 2.45) is 0 Å². The van der Waals surface area contributed by atoms with E-state index in [1.807, 2.05) is 0 Å². The number of aliphatic hydroxyl groups excluding tert-OH is 1. The third-order valence-electron chi connectivity index (χ3n) is 5.23. The first-order valence-electron chi connectivity index (χ1n) is 10.0. The van der Waals surface area contributed by atoms with Crippen molar-refractivity contribution in [2.75, 3.05) is 25.1 Å². The SMILES string of the molecule is O=c1cc(-c2ccnc(NC3CCOCC3)n2)ccn1[C@H](CO)c1cc(Cl)cc(Cl)c1. The molecule has 0 amide bonds. The Morgan fingerprint density at radius 1 is 1.16 bits per heavy atom. The molecule has 1 fully saturated rings. The zero-order valence-electron chi connectivity index (χ0n) is 16.7. The monoisotopic (exact) mass is 460 g/mol. The third-order valence-corrected chi connectivity index (χ3v) is 5.67. The largest absolute Gasteiger partial charge is 0.394 e. The van der Waals surface area contributed by atoms with Gasteiger partial charge in [-0.05, 0) is 48.7 Å². The average Bonchev–Trinajstić information content (AvgIpc) is 2.75. The lowest BCUT2D eigenvalue weighted by Gasteiger charge is -2.23. The predicted octanol–water partition coefficient (Wildman–Crippen LogP) is 3.78. The summed E-state index contributed by atoms with van der Waals surface area (Å²) in [5, 5.41) is 14.1. The van der Waals surface area contributed by atoms with Crippen molar-refractivity contribution in [3.05, 3.63) is 74.8 Å². The maximum absolute atomic E-state index is 12.9. The zero-order valence-corrected chi connectivity index (χ0v) is 18.2. The molecule has 1 aromatic carbocycles. The molecule has 0 aliphatic carbocycles. The fourth-order valence-electron chi connectivity index (χ4n) is 3.64. The molecule has 9 heteroatoms. The molecule has 4 rings (SSSR count). The van der Waals surface area contributed by atoms with Crippen LogP contribution in [-0.4, -0.2) is 45.5 Å². The molecule has 3 heterocycles. The van der Waals surface area contributed by atoms with Gasteiger partial charge in [0, 0.05) is 53.3 Å². The van der Waals surface area contributed by atoms with Gasteiger partial charge in [-0.1, -0.05) is 23.2 Å². The lowest BCUT2D eigenvalue weighted by Crippen LogP contribution is -2.28. The van der Waals surface area contributed by atoms with Crippen molar-refractivity contribution < 1.29 is 9.84 Å². The standard InChI is InChI=1S/C22H22Cl2N4O3/c23-16-9-15(10-17(24)12-16)20(13-29)28-6-2-14(11-21(28)30)19-1-5-25-22(27-19)26-18-3-7-31-8-4-18/h1-2,5-6,9-12,18,20,29H,3-4,7-8,13H2,(H,25,26,27)/t20-/m1/s1. The van der Waals surface area contributed by atoms with E-state index in [0.29, 0.717) is 32.8 Å². The van der Waals surface area contributed by atoms with E-state index < -0.39 is 6.04 Å². The number of ether oxygens (including phenoxy) is 1. The molecule has 1 atom stereocenters. The number of aromatic nitrogens is 3. The van der Waals surface area contributed by atoms with Crippen molar-refractivity contribution in [2.45, 2.75) is 24.9 Å². The van der Waals surface area contributed by atoms with E-state index in [4.69, 9.17) is 27.9 Å². The summed E-state index contributed by atoms with van der Waals surface area (Å²) >= 11 is 12.2. The summed E-state index contributed by atoms with van der Waals surface area (Å²) < 4.78 is 6.83. The highest BCUT2D eigenvalue weighted by molar-refractivity contribution is 6.34. The molecule has 7 nitrogen and oxygen atoms in total. The predicted molar refractivity (Wildman–Crippen MR) is 121 cm³/mol. The summed E-state index contributed by atoms with van der Waals surface area (Å²) in [5.41, 5.74) is 1.68. The third kappa shape index (κ3) is 5.25. The Bertz CT molecular complexity index is 1100. The van der Waals surface area contributed by atoms with Crippen molar-refractivity contribution >= 4 is 29.2 Å². The molecule has 162 valence electrons. The molecular formula is C22H22Cl2N4O3. The number of rotatable bonds is 6. The Kier molecular flexibility index (Phi) is 6.87. The Morgan fingerprint density at radius 3 is 2.58 bits per heavy atom. The van der Waals surface area contributed by atoms with Gasteiger partial charge in [-0.2, -0.15) is 0 Å². The van der Waals surface area contributed by atoms with Gasteiger partial charge >= 0.3 is 0 Å². The number of pyridine rings is 1. The summed E-state index contributed by atoms with van der Waals surface area (Å²) in [6.07, 6.45) is 5.11. The summed E-state index contributed by atoms with van der Waals surface area (Å²) in [6, 6.07) is 9.69. The quantitative estimate of drug-likeness (QED) is 0.581. The van der Waals surface area contributed by atoms with E-state index in [-0.39, 0.29) is 18.2 Å². The molecule has 3 aromatic rings.